The lowest BCUT2D eigenvalue weighted by Gasteiger charge is -2.35. The van der Waals surface area contributed by atoms with Gasteiger partial charge in [0.2, 0.25) is 0 Å². The summed E-state index contributed by atoms with van der Waals surface area (Å²) in [6.45, 7) is 18.6. The van der Waals surface area contributed by atoms with Gasteiger partial charge < -0.3 is 22.0 Å². The van der Waals surface area contributed by atoms with Crippen molar-refractivity contribution < 1.29 is 14.4 Å². The monoisotopic (exact) mass is 783 g/mol. The highest BCUT2D eigenvalue weighted by molar-refractivity contribution is 8.13. The molecule has 3 aromatic rings. The Kier molecular flexibility index (Phi) is 59.9. The Labute approximate surface area is 332 Å². The summed E-state index contributed by atoms with van der Waals surface area (Å²) in [7, 11) is 4.50. The summed E-state index contributed by atoms with van der Waals surface area (Å²) in [5.74, 6) is 5.47. The molecule has 6 N–H and O–H groups in total. The van der Waals surface area contributed by atoms with Crippen molar-refractivity contribution in [3.63, 3.8) is 0 Å². The van der Waals surface area contributed by atoms with E-state index in [2.05, 4.69) is 135 Å². The quantitative estimate of drug-likeness (QED) is 0.0902. The molecule has 0 bridgehead atoms. The predicted molar refractivity (Wildman–Crippen MR) is 242 cm³/mol. The van der Waals surface area contributed by atoms with Crippen LogP contribution in [0.4, 0.5) is 0 Å². The number of benzene rings is 3. The largest absolute Gasteiger partial charge is 0.333 e. The van der Waals surface area contributed by atoms with E-state index >= 15 is 0 Å². The van der Waals surface area contributed by atoms with Gasteiger partial charge in [0.1, 0.15) is 11.6 Å². The van der Waals surface area contributed by atoms with Gasteiger partial charge in [-0.25, -0.2) is 0 Å². The highest BCUT2D eigenvalue weighted by atomic mass is 32.2. The zero-order valence-electron chi connectivity index (χ0n) is 34.0. The van der Waals surface area contributed by atoms with Crippen molar-refractivity contribution in [2.75, 3.05) is 49.9 Å². The fraction of sp³-hybridized carbons (Fsp3) is 0.488. The number of Topliss-reactive ketones (excluding diaryl/α,β-unsaturated/α-hetero) is 2. The number of rotatable bonds is 10. The molecule has 51 heavy (non-hydrogen) atoms. The molecule has 0 radical (unpaired) electrons. The molecule has 0 saturated carbocycles. The molecule has 0 saturated heterocycles. The summed E-state index contributed by atoms with van der Waals surface area (Å²) < 4.78 is -0.154. The van der Waals surface area contributed by atoms with Crippen LogP contribution < -0.4 is 17.2 Å². The number of thiol groups is 1. The van der Waals surface area contributed by atoms with Crippen LogP contribution in [-0.4, -0.2) is 66.6 Å². The van der Waals surface area contributed by atoms with E-state index in [1.165, 1.54) is 63.4 Å². The Morgan fingerprint density at radius 3 is 1.06 bits per heavy atom. The van der Waals surface area contributed by atoms with E-state index in [1.807, 2.05) is 51.2 Å². The Bertz CT molecular complexity index is 1010. The van der Waals surface area contributed by atoms with Crippen molar-refractivity contribution in [2.45, 2.75) is 80.4 Å². The third kappa shape index (κ3) is 37.5. The van der Waals surface area contributed by atoms with E-state index in [1.54, 1.807) is 13.8 Å². The van der Waals surface area contributed by atoms with E-state index < -0.39 is 0 Å². The zero-order chi connectivity index (χ0) is 40.9. The molecule has 0 aliphatic rings. The first-order valence-electron chi connectivity index (χ1n) is 17.4. The lowest BCUT2D eigenvalue weighted by atomic mass is 9.84. The van der Waals surface area contributed by atoms with Crippen molar-refractivity contribution in [3.8, 4) is 0 Å². The molecule has 0 aliphatic carbocycles. The maximum atomic E-state index is 10.3. The molecule has 10 heteroatoms. The first-order valence-corrected chi connectivity index (χ1v) is 21.1. The van der Waals surface area contributed by atoms with Gasteiger partial charge in [0.05, 0.1) is 4.75 Å². The van der Waals surface area contributed by atoms with Crippen LogP contribution in [0, 0.1) is 0 Å². The molecule has 6 nitrogen and oxygen atoms in total. The Morgan fingerprint density at radius 2 is 0.882 bits per heavy atom. The van der Waals surface area contributed by atoms with Gasteiger partial charge in [0, 0.05) is 19.1 Å². The lowest BCUT2D eigenvalue weighted by Crippen LogP contribution is -2.25. The summed E-state index contributed by atoms with van der Waals surface area (Å²) >= 11 is 8.93. The van der Waals surface area contributed by atoms with E-state index in [-0.39, 0.29) is 15.6 Å². The molecule has 0 atom stereocenters. The molecule has 294 valence electrons. The summed E-state index contributed by atoms with van der Waals surface area (Å²) in [6, 6.07) is 32.5. The van der Waals surface area contributed by atoms with Gasteiger partial charge >= 0.3 is 0 Å². The van der Waals surface area contributed by atoms with E-state index in [0.29, 0.717) is 5.78 Å². The Balaban J connectivity index is -0.000000145. The number of thioether (sulfide) groups is 3. The van der Waals surface area contributed by atoms with Crippen molar-refractivity contribution in [3.05, 3.63) is 108 Å². The van der Waals surface area contributed by atoms with E-state index in [4.69, 9.17) is 0 Å². The first-order chi connectivity index (χ1) is 24.6. The van der Waals surface area contributed by atoms with Crippen LogP contribution in [0.2, 0.25) is 0 Å². The van der Waals surface area contributed by atoms with Crippen molar-refractivity contribution in [2.24, 2.45) is 17.2 Å². The molecular formula is C41H73N3O3S4. The second kappa shape index (κ2) is 50.1. The maximum Gasteiger partial charge on any atom is 0.185 e. The average molecular weight is 784 g/mol. The molecule has 0 spiro atoms. The first kappa shape index (κ1) is 61.0. The lowest BCUT2D eigenvalue weighted by molar-refractivity contribution is -0.117. The number of carbonyl (C=O) groups is 3. The van der Waals surface area contributed by atoms with E-state index in [0.717, 1.165) is 35.2 Å². The van der Waals surface area contributed by atoms with Crippen LogP contribution in [0.25, 0.3) is 0 Å². The number of hydrogen-bond acceptors (Lipinski definition) is 10. The highest BCUT2D eigenvalue weighted by Crippen LogP contribution is 2.48. The van der Waals surface area contributed by atoms with Crippen LogP contribution in [0.1, 0.15) is 92.3 Å². The highest BCUT2D eigenvalue weighted by Gasteiger charge is 2.36. The van der Waals surface area contributed by atoms with Gasteiger partial charge in [-0.05, 0) is 81.6 Å². The maximum absolute atomic E-state index is 10.3. The van der Waals surface area contributed by atoms with Gasteiger partial charge in [-0.2, -0.15) is 24.4 Å². The molecular weight excluding hydrogens is 711 g/mol. The van der Waals surface area contributed by atoms with E-state index in [9.17, 15) is 14.4 Å². The smallest absolute Gasteiger partial charge is 0.185 e. The van der Waals surface area contributed by atoms with Crippen LogP contribution in [0.5, 0.6) is 0 Å². The summed E-state index contributed by atoms with van der Waals surface area (Å²) in [5.41, 5.74) is 17.5. The molecule has 0 aliphatic heterocycles. The molecule has 3 rings (SSSR count). The average Bonchev–Trinajstić information content (AvgIpc) is 3.16. The summed E-state index contributed by atoms with van der Waals surface area (Å²) in [5, 5.41) is 0.206. The summed E-state index contributed by atoms with van der Waals surface area (Å²) in [4.78, 5) is 29.8. The molecule has 0 unspecified atom stereocenters. The molecule has 3 aromatic carbocycles. The second-order valence-electron chi connectivity index (χ2n) is 9.01. The standard InChI is InChI=1S/C21H20S.C6H12OS.C4H8OS.C3H6O.C2H6S.C2H6.3CH5N/c1-2-22-21(18-12-6-3-7-13-18,19-14-8-4-9-15-19)20-16-10-5-11-17-20;1-3-8-5-4-6(2)7;1-3-6-4(2)5;1-3(2)4;1-2-3;4*1-2/h3-17H,2H2,1H3;3-5H2,1-2H3;3H2,1-2H3;1-2H3;3H,2H2,1H3;1-2H3;3*2H2,1H3. The minimum atomic E-state index is -0.154. The third-order valence-corrected chi connectivity index (χ3v) is 8.08. The predicted octanol–water partition coefficient (Wildman–Crippen LogP) is 10.0. The Morgan fingerprint density at radius 1 is 0.588 bits per heavy atom. The SMILES string of the molecule is CC.CC(C)=O.CCS.CCSC(C)=O.CCSC(c1ccccc1)(c1ccccc1)c1ccccc1.CCSCCC(C)=O.CN.CN.CN. The van der Waals surface area contributed by atoms with Gasteiger partial charge in [-0.3, -0.25) is 9.59 Å². The van der Waals surface area contributed by atoms with Crippen LogP contribution >= 0.6 is 47.9 Å². The topological polar surface area (TPSA) is 129 Å². The van der Waals surface area contributed by atoms with Gasteiger partial charge in [-0.15, -0.1) is 11.8 Å². The number of carbonyl (C=O) groups excluding carboxylic acids is 3. The Hall–Kier alpha value is -2.05. The van der Waals surface area contributed by atoms with Crippen molar-refractivity contribution >= 4 is 64.6 Å². The third-order valence-electron chi connectivity index (χ3n) is 5.05. The number of ketones is 2. The van der Waals surface area contributed by atoms with Crippen molar-refractivity contribution in [1.29, 1.82) is 0 Å². The van der Waals surface area contributed by atoms with Crippen LogP contribution in [-0.2, 0) is 19.1 Å². The molecule has 0 amide bonds. The normalized spacial score (nSPS) is 8.65. The fourth-order valence-corrected chi connectivity index (χ4v) is 6.02. The molecule has 0 fully saturated rings. The summed E-state index contributed by atoms with van der Waals surface area (Å²) in [6.07, 6.45) is 0.735. The molecule has 0 heterocycles. The zero-order valence-corrected chi connectivity index (χ0v) is 37.4. The van der Waals surface area contributed by atoms with Gasteiger partial charge in [0.25, 0.3) is 0 Å². The number of nitrogens with two attached hydrogens (primary N) is 3. The second-order valence-corrected chi connectivity index (χ2v) is 14.0. The minimum Gasteiger partial charge on any atom is -0.333 e. The van der Waals surface area contributed by atoms with Crippen molar-refractivity contribution in [1.82, 2.24) is 0 Å². The molecule has 0 aromatic heterocycles. The van der Waals surface area contributed by atoms with Gasteiger partial charge in [0.15, 0.2) is 5.12 Å². The van der Waals surface area contributed by atoms with Crippen LogP contribution in [0.15, 0.2) is 91.0 Å². The minimum absolute atomic E-state index is 0.154. The fourth-order valence-electron chi connectivity index (χ4n) is 3.55. The van der Waals surface area contributed by atoms with Gasteiger partial charge in [-0.1, -0.05) is 144 Å². The number of hydrogen-bond donors (Lipinski definition) is 4. The van der Waals surface area contributed by atoms with Crippen LogP contribution in [0.3, 0.4) is 0 Å².